The summed E-state index contributed by atoms with van der Waals surface area (Å²) in [5.41, 5.74) is 18.5. The van der Waals surface area contributed by atoms with E-state index in [-0.39, 0.29) is 10.8 Å². The molecule has 0 amide bonds. The third-order valence-electron chi connectivity index (χ3n) is 15.3. The van der Waals surface area contributed by atoms with Crippen LogP contribution in [0.5, 0.6) is 0 Å². The Morgan fingerprint density at radius 1 is 0.242 bits per heavy atom. The molecule has 0 heteroatoms. The van der Waals surface area contributed by atoms with Crippen molar-refractivity contribution < 1.29 is 0 Å². The van der Waals surface area contributed by atoms with Crippen LogP contribution in [0.1, 0.15) is 52.7 Å². The molecule has 0 aromatic heterocycles. The van der Waals surface area contributed by atoms with Crippen LogP contribution < -0.4 is 0 Å². The Hall–Kier alpha value is -7.54. The maximum absolute atomic E-state index is 2.54. The van der Waals surface area contributed by atoms with Crippen LogP contribution in [0.4, 0.5) is 0 Å². The Morgan fingerprint density at radius 2 is 0.682 bits per heavy atom. The van der Waals surface area contributed by atoms with Gasteiger partial charge in [-0.2, -0.15) is 0 Å². The smallest absolute Gasteiger partial charge is 0.000697 e. The van der Waals surface area contributed by atoms with Gasteiger partial charge in [0, 0.05) is 0 Å². The van der Waals surface area contributed by atoms with Crippen LogP contribution in [0, 0.1) is 0 Å². The summed E-state index contributed by atoms with van der Waals surface area (Å²) in [6.45, 7) is 14.1. The molecule has 0 unspecified atom stereocenters. The van der Waals surface area contributed by atoms with Crippen molar-refractivity contribution in [3.63, 3.8) is 0 Å². The molecule has 312 valence electrons. The molecular formula is C66H48. The third kappa shape index (κ3) is 5.10. The van der Waals surface area contributed by atoms with Crippen LogP contribution in [-0.2, 0) is 10.8 Å². The number of hydrogen-bond donors (Lipinski definition) is 0. The SMILES string of the molecule is CC(C)(C)c1cc2c3c(cc4ccccc4c3c1)-c1cc3ccc4c(ccc5c(-c6ccccc6)c6c(c(-c7ccccc7)c54)-c4cc5ccccc5c5cc(C(C)(C)C)cc-6c45)c3cc1-2. The summed E-state index contributed by atoms with van der Waals surface area (Å²) >= 11 is 0. The van der Waals surface area contributed by atoms with Crippen molar-refractivity contribution in [1.82, 2.24) is 0 Å². The van der Waals surface area contributed by atoms with Gasteiger partial charge in [-0.1, -0.05) is 175 Å². The largest absolute Gasteiger partial charge is 0.0622 e. The van der Waals surface area contributed by atoms with Gasteiger partial charge in [0.1, 0.15) is 0 Å². The number of rotatable bonds is 2. The summed E-state index contributed by atoms with van der Waals surface area (Å²) in [6.07, 6.45) is 0. The van der Waals surface area contributed by atoms with Gasteiger partial charge in [-0.15, -0.1) is 0 Å². The van der Waals surface area contributed by atoms with Crippen LogP contribution in [0.3, 0.4) is 0 Å². The highest BCUT2D eigenvalue weighted by molar-refractivity contribution is 6.35. The molecule has 0 N–H and O–H groups in total. The van der Waals surface area contributed by atoms with Crippen LogP contribution in [-0.4, -0.2) is 0 Å². The molecule has 0 heterocycles. The fourth-order valence-electron chi connectivity index (χ4n) is 12.1. The van der Waals surface area contributed by atoms with Gasteiger partial charge in [-0.05, 0) is 213 Å². The molecule has 12 aromatic rings. The van der Waals surface area contributed by atoms with Gasteiger partial charge >= 0.3 is 0 Å². The van der Waals surface area contributed by atoms with E-state index >= 15 is 0 Å². The topological polar surface area (TPSA) is 0 Å². The third-order valence-corrected chi connectivity index (χ3v) is 15.3. The number of hydrogen-bond acceptors (Lipinski definition) is 0. The maximum Gasteiger partial charge on any atom is -0.000697 e. The van der Waals surface area contributed by atoms with Crippen molar-refractivity contribution in [3.8, 4) is 66.8 Å². The van der Waals surface area contributed by atoms with Crippen LogP contribution in [0.25, 0.3) is 142 Å². The Balaban J connectivity index is 1.15. The Labute approximate surface area is 385 Å². The van der Waals surface area contributed by atoms with E-state index in [1.54, 1.807) is 0 Å². The first kappa shape index (κ1) is 37.8. The van der Waals surface area contributed by atoms with Gasteiger partial charge < -0.3 is 0 Å². The second kappa shape index (κ2) is 13.1. The molecule has 2 aliphatic rings. The molecule has 12 aromatic carbocycles. The van der Waals surface area contributed by atoms with Gasteiger partial charge in [-0.25, -0.2) is 0 Å². The monoisotopic (exact) mass is 840 g/mol. The molecular weight excluding hydrogens is 793 g/mol. The van der Waals surface area contributed by atoms with Crippen LogP contribution in [0.2, 0.25) is 0 Å². The molecule has 0 atom stereocenters. The molecule has 2 aliphatic carbocycles. The maximum atomic E-state index is 2.54. The predicted molar refractivity (Wildman–Crippen MR) is 286 cm³/mol. The summed E-state index contributed by atoms with van der Waals surface area (Å²) in [7, 11) is 0. The molecule has 14 rings (SSSR count). The minimum Gasteiger partial charge on any atom is -0.0622 e. The lowest BCUT2D eigenvalue weighted by Gasteiger charge is -2.23. The highest BCUT2D eigenvalue weighted by atomic mass is 14.4. The van der Waals surface area contributed by atoms with Crippen molar-refractivity contribution in [1.29, 1.82) is 0 Å². The highest BCUT2D eigenvalue weighted by Crippen LogP contribution is 2.61. The first-order valence-electron chi connectivity index (χ1n) is 23.7. The van der Waals surface area contributed by atoms with Gasteiger partial charge in [0.2, 0.25) is 0 Å². The van der Waals surface area contributed by atoms with E-state index in [1.165, 1.54) is 153 Å². The standard InChI is InChI=1S/C66H48/c1-65(2,3)42-32-53-44-23-15-13-21-39(44)30-52-50-29-41-25-26-47-46(49(41)36-51(50)55(34-42)60(52)53)27-28-48-58(37-17-9-7-10-18-37)63-57-35-43(66(4,5)6)33-54-45-24-16-14-22-40(45)31-56(61(54)57)64(63)59(62(47)48)38-19-11-8-12-20-38/h7-36H,1-6H3. The second-order valence-corrected chi connectivity index (χ2v) is 21.2. The highest BCUT2D eigenvalue weighted by Gasteiger charge is 2.34. The van der Waals surface area contributed by atoms with E-state index in [2.05, 4.69) is 224 Å². The van der Waals surface area contributed by atoms with E-state index in [0.29, 0.717) is 0 Å². The lowest BCUT2D eigenvalue weighted by molar-refractivity contribution is 0.591. The normalized spacial score (nSPS) is 13.0. The van der Waals surface area contributed by atoms with Gasteiger partial charge in [0.25, 0.3) is 0 Å². The van der Waals surface area contributed by atoms with Crippen molar-refractivity contribution >= 4 is 75.4 Å². The molecule has 0 fully saturated rings. The molecule has 0 bridgehead atoms. The number of fused-ring (bicyclic) bond motifs is 15. The summed E-state index contributed by atoms with van der Waals surface area (Å²) in [5, 5.41) is 18.4. The molecule has 0 aliphatic heterocycles. The van der Waals surface area contributed by atoms with Crippen LogP contribution >= 0.6 is 0 Å². The molecule has 0 radical (unpaired) electrons. The van der Waals surface area contributed by atoms with E-state index in [9.17, 15) is 0 Å². The molecule has 66 heavy (non-hydrogen) atoms. The first-order chi connectivity index (χ1) is 32.0. The summed E-state index contributed by atoms with van der Waals surface area (Å²) in [4.78, 5) is 0. The van der Waals surface area contributed by atoms with Crippen LogP contribution in [0.15, 0.2) is 182 Å². The zero-order valence-corrected chi connectivity index (χ0v) is 38.3. The lowest BCUT2D eigenvalue weighted by atomic mass is 9.80. The van der Waals surface area contributed by atoms with E-state index < -0.39 is 0 Å². The average Bonchev–Trinajstić information content (AvgIpc) is 3.81. The van der Waals surface area contributed by atoms with E-state index in [1.807, 2.05) is 0 Å². The zero-order chi connectivity index (χ0) is 44.4. The fourth-order valence-corrected chi connectivity index (χ4v) is 12.1. The van der Waals surface area contributed by atoms with Crippen molar-refractivity contribution in [2.24, 2.45) is 0 Å². The Kier molecular flexibility index (Phi) is 7.48. The van der Waals surface area contributed by atoms with E-state index in [0.717, 1.165) is 0 Å². The average molecular weight is 841 g/mol. The fraction of sp³-hybridized carbons (Fsp3) is 0.121. The van der Waals surface area contributed by atoms with Crippen molar-refractivity contribution in [2.45, 2.75) is 52.4 Å². The predicted octanol–water partition coefficient (Wildman–Crippen LogP) is 19.0. The summed E-state index contributed by atoms with van der Waals surface area (Å²) in [5.74, 6) is 0. The van der Waals surface area contributed by atoms with Gasteiger partial charge in [0.15, 0.2) is 0 Å². The minimum absolute atomic E-state index is 0.00214. The lowest BCUT2D eigenvalue weighted by Crippen LogP contribution is -2.11. The van der Waals surface area contributed by atoms with Gasteiger partial charge in [0.05, 0.1) is 0 Å². The first-order valence-corrected chi connectivity index (χ1v) is 23.7. The Bertz CT molecular complexity index is 4130. The van der Waals surface area contributed by atoms with E-state index in [4.69, 9.17) is 0 Å². The quantitative estimate of drug-likeness (QED) is 0.152. The van der Waals surface area contributed by atoms with Crippen molar-refractivity contribution in [3.05, 3.63) is 193 Å². The number of benzene rings is 12. The molecule has 0 saturated heterocycles. The summed E-state index contributed by atoms with van der Waals surface area (Å²) < 4.78 is 0. The summed E-state index contributed by atoms with van der Waals surface area (Å²) in [6, 6.07) is 70.1. The molecule has 0 spiro atoms. The molecule has 0 nitrogen and oxygen atoms in total. The van der Waals surface area contributed by atoms with Crippen molar-refractivity contribution in [2.75, 3.05) is 0 Å². The van der Waals surface area contributed by atoms with Gasteiger partial charge in [-0.3, -0.25) is 0 Å². The zero-order valence-electron chi connectivity index (χ0n) is 38.3. The second-order valence-electron chi connectivity index (χ2n) is 21.2. The Morgan fingerprint density at radius 3 is 1.32 bits per heavy atom. The minimum atomic E-state index is -0.0390. The molecule has 0 saturated carbocycles.